The summed E-state index contributed by atoms with van der Waals surface area (Å²) in [4.78, 5) is 10.6. The third kappa shape index (κ3) is 4.20. The van der Waals surface area contributed by atoms with E-state index in [1.807, 2.05) is 6.07 Å². The summed E-state index contributed by atoms with van der Waals surface area (Å²) in [5, 5.41) is 2.50. The first-order valence-electron chi connectivity index (χ1n) is 16.3. The van der Waals surface area contributed by atoms with Gasteiger partial charge in [0, 0.05) is 44.1 Å². The number of nitrogens with zero attached hydrogens (tertiary/aromatic N) is 3. The average Bonchev–Trinajstić information content (AvgIpc) is 3.56. The second-order valence-electron chi connectivity index (χ2n) is 13.1. The van der Waals surface area contributed by atoms with Crippen LogP contribution in [0.2, 0.25) is 0 Å². The summed E-state index contributed by atoms with van der Waals surface area (Å²) in [6.07, 6.45) is 0. The molecule has 3 nitrogen and oxygen atoms in total. The van der Waals surface area contributed by atoms with Crippen molar-refractivity contribution in [2.75, 3.05) is 0 Å². The van der Waals surface area contributed by atoms with Crippen LogP contribution in [0.15, 0.2) is 146 Å². The molecule has 1 aliphatic carbocycles. The summed E-state index contributed by atoms with van der Waals surface area (Å²) in [5.74, 6) is 0.748. The molecule has 8 aromatic rings. The summed E-state index contributed by atoms with van der Waals surface area (Å²) in [6, 6.07) is 52.1. The summed E-state index contributed by atoms with van der Waals surface area (Å²) >= 11 is 0. The first-order chi connectivity index (χ1) is 23.0. The number of rotatable bonds is 4. The highest BCUT2D eigenvalue weighted by atomic mass is 15.0. The maximum absolute atomic E-state index is 5.35. The Labute approximate surface area is 274 Å². The van der Waals surface area contributed by atoms with Gasteiger partial charge in [0.05, 0.1) is 22.4 Å². The van der Waals surface area contributed by atoms with Gasteiger partial charge in [-0.2, -0.15) is 0 Å². The van der Waals surface area contributed by atoms with Crippen molar-refractivity contribution in [3.05, 3.63) is 162 Å². The molecule has 0 amide bonds. The van der Waals surface area contributed by atoms with Gasteiger partial charge in [0.2, 0.25) is 0 Å². The molecule has 2 aromatic heterocycles. The topological polar surface area (TPSA) is 30.7 Å². The fourth-order valence-electron chi connectivity index (χ4n) is 7.66. The van der Waals surface area contributed by atoms with Crippen molar-refractivity contribution in [1.82, 2.24) is 14.5 Å². The summed E-state index contributed by atoms with van der Waals surface area (Å²) in [6.45, 7) is 6.82. The molecule has 0 radical (unpaired) electrons. The molecule has 0 saturated carbocycles. The van der Waals surface area contributed by atoms with Crippen molar-refractivity contribution in [1.29, 1.82) is 0 Å². The van der Waals surface area contributed by atoms with E-state index in [0.29, 0.717) is 0 Å². The fourth-order valence-corrected chi connectivity index (χ4v) is 7.66. The number of fused-ring (bicyclic) bond motifs is 6. The molecule has 0 spiro atoms. The van der Waals surface area contributed by atoms with E-state index in [2.05, 4.69) is 165 Å². The third-order valence-corrected chi connectivity index (χ3v) is 9.90. The normalized spacial score (nSPS) is 13.2. The molecule has 224 valence electrons. The van der Waals surface area contributed by atoms with Crippen LogP contribution in [-0.2, 0) is 5.41 Å². The smallest absolute Gasteiger partial charge is 0.160 e. The molecule has 1 aliphatic rings. The highest BCUT2D eigenvalue weighted by Crippen LogP contribution is 2.51. The molecule has 9 rings (SSSR count). The second kappa shape index (κ2) is 10.4. The molecule has 47 heavy (non-hydrogen) atoms. The largest absolute Gasteiger partial charge is 0.309 e. The van der Waals surface area contributed by atoms with Crippen LogP contribution in [0.1, 0.15) is 30.5 Å². The molecule has 0 aliphatic heterocycles. The van der Waals surface area contributed by atoms with Crippen molar-refractivity contribution in [3.8, 4) is 50.7 Å². The van der Waals surface area contributed by atoms with E-state index in [9.17, 15) is 0 Å². The highest BCUT2D eigenvalue weighted by Gasteiger charge is 2.40. The van der Waals surface area contributed by atoms with E-state index in [4.69, 9.17) is 9.97 Å². The minimum Gasteiger partial charge on any atom is -0.309 e. The van der Waals surface area contributed by atoms with Crippen LogP contribution in [-0.4, -0.2) is 14.5 Å². The Kier molecular flexibility index (Phi) is 6.07. The van der Waals surface area contributed by atoms with Crippen LogP contribution in [0.3, 0.4) is 0 Å². The van der Waals surface area contributed by atoms with Gasteiger partial charge >= 0.3 is 0 Å². The molecular formula is C44H33N3. The van der Waals surface area contributed by atoms with Crippen molar-refractivity contribution in [2.45, 2.75) is 26.2 Å². The van der Waals surface area contributed by atoms with E-state index >= 15 is 0 Å². The lowest BCUT2D eigenvalue weighted by Gasteiger charge is -2.24. The SMILES string of the molecule is Cc1cc2c(cc1-c1ccccc1)c1ccccc1n2-c1cccc(-c2nc(-c3ccccc3)nc3c2C(C)(C)c2ccccc2-3)c1. The molecule has 0 saturated heterocycles. The Hall–Kier alpha value is -5.80. The maximum Gasteiger partial charge on any atom is 0.160 e. The van der Waals surface area contributed by atoms with Crippen LogP contribution in [0.5, 0.6) is 0 Å². The van der Waals surface area contributed by atoms with Crippen LogP contribution in [0.4, 0.5) is 0 Å². The molecule has 0 unspecified atom stereocenters. The van der Waals surface area contributed by atoms with Gasteiger partial charge in [0.15, 0.2) is 5.82 Å². The third-order valence-electron chi connectivity index (χ3n) is 9.90. The van der Waals surface area contributed by atoms with Gasteiger partial charge in [-0.25, -0.2) is 9.97 Å². The predicted octanol–water partition coefficient (Wildman–Crippen LogP) is 11.2. The minimum atomic E-state index is -0.246. The number of hydrogen-bond acceptors (Lipinski definition) is 2. The molecule has 0 bridgehead atoms. The Morgan fingerprint density at radius 3 is 1.98 bits per heavy atom. The first kappa shape index (κ1) is 27.5. The highest BCUT2D eigenvalue weighted by molar-refractivity contribution is 6.11. The Morgan fingerprint density at radius 2 is 1.17 bits per heavy atom. The molecular weight excluding hydrogens is 571 g/mol. The zero-order valence-corrected chi connectivity index (χ0v) is 26.7. The number of para-hydroxylation sites is 1. The Balaban J connectivity index is 1.29. The van der Waals surface area contributed by atoms with E-state index in [1.165, 1.54) is 55.2 Å². The molecule has 0 fully saturated rings. The van der Waals surface area contributed by atoms with Crippen LogP contribution in [0, 0.1) is 6.92 Å². The van der Waals surface area contributed by atoms with E-state index in [0.717, 1.165) is 34.0 Å². The second-order valence-corrected chi connectivity index (χ2v) is 13.1. The predicted molar refractivity (Wildman–Crippen MR) is 195 cm³/mol. The molecule has 3 heteroatoms. The van der Waals surface area contributed by atoms with Gasteiger partial charge in [-0.1, -0.05) is 129 Å². The molecule has 0 atom stereocenters. The molecule has 6 aromatic carbocycles. The quantitative estimate of drug-likeness (QED) is 0.200. The monoisotopic (exact) mass is 603 g/mol. The van der Waals surface area contributed by atoms with Gasteiger partial charge in [-0.3, -0.25) is 0 Å². The van der Waals surface area contributed by atoms with Crippen molar-refractivity contribution in [3.63, 3.8) is 0 Å². The Bertz CT molecular complexity index is 2490. The maximum atomic E-state index is 5.35. The number of benzene rings is 6. The first-order valence-corrected chi connectivity index (χ1v) is 16.3. The molecule has 0 N–H and O–H groups in total. The lowest BCUT2D eigenvalue weighted by atomic mass is 9.81. The van der Waals surface area contributed by atoms with Crippen LogP contribution >= 0.6 is 0 Å². The number of aryl methyl sites for hydroxylation is 1. The van der Waals surface area contributed by atoms with Crippen LogP contribution < -0.4 is 0 Å². The van der Waals surface area contributed by atoms with Gasteiger partial charge in [0.25, 0.3) is 0 Å². The van der Waals surface area contributed by atoms with Crippen LogP contribution in [0.25, 0.3) is 72.5 Å². The summed E-state index contributed by atoms with van der Waals surface area (Å²) < 4.78 is 2.41. The van der Waals surface area contributed by atoms with Gasteiger partial charge in [-0.15, -0.1) is 0 Å². The summed E-state index contributed by atoms with van der Waals surface area (Å²) in [5.41, 5.74) is 14.8. The summed E-state index contributed by atoms with van der Waals surface area (Å²) in [7, 11) is 0. The zero-order valence-electron chi connectivity index (χ0n) is 26.7. The molecule has 2 heterocycles. The van der Waals surface area contributed by atoms with Gasteiger partial charge in [0.1, 0.15) is 0 Å². The Morgan fingerprint density at radius 1 is 0.511 bits per heavy atom. The van der Waals surface area contributed by atoms with E-state index < -0.39 is 0 Å². The zero-order chi connectivity index (χ0) is 31.7. The standard InChI is InChI=1S/C44H33N3/c1-28-25-39-36(27-35(28)29-15-6-4-7-16-29)33-21-11-13-24-38(33)47(39)32-20-14-19-31(26-32)41-40-42(34-22-10-12-23-37(34)44(40,2)3)46-43(45-41)30-17-8-5-9-18-30/h4-27H,1-3H3. The number of hydrogen-bond donors (Lipinski definition) is 0. The van der Waals surface area contributed by atoms with Gasteiger partial charge in [-0.05, 0) is 59.5 Å². The fraction of sp³-hybridized carbons (Fsp3) is 0.0909. The van der Waals surface area contributed by atoms with Crippen molar-refractivity contribution >= 4 is 21.8 Å². The lowest BCUT2D eigenvalue weighted by molar-refractivity contribution is 0.658. The minimum absolute atomic E-state index is 0.246. The van der Waals surface area contributed by atoms with E-state index in [1.54, 1.807) is 0 Å². The lowest BCUT2D eigenvalue weighted by Crippen LogP contribution is -2.17. The average molecular weight is 604 g/mol. The van der Waals surface area contributed by atoms with Crippen molar-refractivity contribution in [2.24, 2.45) is 0 Å². The van der Waals surface area contributed by atoms with Gasteiger partial charge < -0.3 is 4.57 Å². The van der Waals surface area contributed by atoms with Crippen molar-refractivity contribution < 1.29 is 0 Å². The van der Waals surface area contributed by atoms with E-state index in [-0.39, 0.29) is 5.41 Å². The number of aromatic nitrogens is 3.